The molecule has 2 N–H and O–H groups in total. The van der Waals surface area contributed by atoms with Gasteiger partial charge in [-0.1, -0.05) is 13.8 Å². The van der Waals surface area contributed by atoms with Crippen LogP contribution in [0.15, 0.2) is 10.9 Å². The van der Waals surface area contributed by atoms with Gasteiger partial charge in [-0.3, -0.25) is 4.79 Å². The molecule has 0 aromatic carbocycles. The first-order valence-corrected chi connectivity index (χ1v) is 5.18. The van der Waals surface area contributed by atoms with E-state index in [1.165, 1.54) is 0 Å². The number of nitrogens with one attached hydrogen (secondary N) is 2. The Labute approximate surface area is 83.5 Å². The van der Waals surface area contributed by atoms with Crippen LogP contribution in [-0.2, 0) is 6.42 Å². The molecule has 0 amide bonds. The lowest BCUT2D eigenvalue weighted by Crippen LogP contribution is -2.22. The standard InChI is InChI=1S/C11H16N2O/c1-7(2)9-6-10(14)8-4-3-5-12-11(8)13-9/h6-7H,3-5H2,1-2H3,(H2,12,13,14). The molecule has 76 valence electrons. The zero-order chi connectivity index (χ0) is 10.1. The molecule has 2 heterocycles. The van der Waals surface area contributed by atoms with E-state index in [9.17, 15) is 4.79 Å². The van der Waals surface area contributed by atoms with Crippen molar-refractivity contribution in [1.82, 2.24) is 4.98 Å². The van der Waals surface area contributed by atoms with E-state index in [-0.39, 0.29) is 5.43 Å². The van der Waals surface area contributed by atoms with Crippen molar-refractivity contribution in [2.75, 3.05) is 11.9 Å². The van der Waals surface area contributed by atoms with Crippen LogP contribution in [0.2, 0.25) is 0 Å². The van der Waals surface area contributed by atoms with Crippen molar-refractivity contribution in [2.24, 2.45) is 0 Å². The summed E-state index contributed by atoms with van der Waals surface area (Å²) in [6, 6.07) is 1.73. The van der Waals surface area contributed by atoms with E-state index >= 15 is 0 Å². The molecule has 0 aliphatic carbocycles. The fourth-order valence-corrected chi connectivity index (χ4v) is 1.80. The molecule has 0 spiro atoms. The minimum absolute atomic E-state index is 0.176. The summed E-state index contributed by atoms with van der Waals surface area (Å²) in [7, 11) is 0. The molecule has 0 bridgehead atoms. The van der Waals surface area contributed by atoms with E-state index < -0.39 is 0 Å². The van der Waals surface area contributed by atoms with Crippen molar-refractivity contribution >= 4 is 5.82 Å². The molecule has 0 saturated heterocycles. The Morgan fingerprint density at radius 3 is 2.93 bits per heavy atom. The second-order valence-corrected chi connectivity index (χ2v) is 4.13. The van der Waals surface area contributed by atoms with Gasteiger partial charge in [0.05, 0.1) is 0 Å². The Balaban J connectivity index is 2.52. The first-order chi connectivity index (χ1) is 6.68. The Hall–Kier alpha value is -1.25. The number of pyridine rings is 1. The van der Waals surface area contributed by atoms with Gasteiger partial charge in [-0.15, -0.1) is 0 Å². The van der Waals surface area contributed by atoms with Gasteiger partial charge < -0.3 is 10.3 Å². The Morgan fingerprint density at radius 2 is 2.21 bits per heavy atom. The van der Waals surface area contributed by atoms with E-state index in [1.54, 1.807) is 6.07 Å². The fourth-order valence-electron chi connectivity index (χ4n) is 1.80. The van der Waals surface area contributed by atoms with Gasteiger partial charge in [-0.05, 0) is 18.8 Å². The SMILES string of the molecule is CC(C)c1cc(=O)c2c([nH]1)NCCC2. The van der Waals surface area contributed by atoms with Crippen molar-refractivity contribution in [3.8, 4) is 0 Å². The summed E-state index contributed by atoms with van der Waals surface area (Å²) < 4.78 is 0. The molecule has 3 nitrogen and oxygen atoms in total. The lowest BCUT2D eigenvalue weighted by molar-refractivity contribution is 0.777. The Kier molecular flexibility index (Phi) is 2.32. The maximum Gasteiger partial charge on any atom is 0.187 e. The maximum absolute atomic E-state index is 11.7. The molecule has 3 heteroatoms. The highest BCUT2D eigenvalue weighted by Crippen LogP contribution is 2.19. The Bertz CT molecular complexity index is 393. The summed E-state index contributed by atoms with van der Waals surface area (Å²) in [5.74, 6) is 1.31. The largest absolute Gasteiger partial charge is 0.371 e. The number of hydrogen-bond donors (Lipinski definition) is 2. The summed E-state index contributed by atoms with van der Waals surface area (Å²) >= 11 is 0. The molecule has 0 saturated carbocycles. The third-order valence-electron chi connectivity index (χ3n) is 2.68. The number of anilines is 1. The average molecular weight is 192 g/mol. The first kappa shape index (κ1) is 9.31. The zero-order valence-corrected chi connectivity index (χ0v) is 8.68. The van der Waals surface area contributed by atoms with Gasteiger partial charge in [-0.25, -0.2) is 0 Å². The van der Waals surface area contributed by atoms with E-state index in [4.69, 9.17) is 0 Å². The maximum atomic E-state index is 11.7. The van der Waals surface area contributed by atoms with Crippen LogP contribution in [-0.4, -0.2) is 11.5 Å². The molecule has 2 rings (SSSR count). The van der Waals surface area contributed by atoms with Crippen LogP contribution in [0.3, 0.4) is 0 Å². The molecule has 1 aromatic heterocycles. The smallest absolute Gasteiger partial charge is 0.187 e. The first-order valence-electron chi connectivity index (χ1n) is 5.18. The highest BCUT2D eigenvalue weighted by molar-refractivity contribution is 5.47. The van der Waals surface area contributed by atoms with Gasteiger partial charge in [0, 0.05) is 23.9 Å². The number of aromatic nitrogens is 1. The van der Waals surface area contributed by atoms with E-state index in [0.29, 0.717) is 5.92 Å². The molecule has 1 aromatic rings. The minimum atomic E-state index is 0.176. The van der Waals surface area contributed by atoms with Crippen LogP contribution in [0.4, 0.5) is 5.82 Å². The van der Waals surface area contributed by atoms with Crippen molar-refractivity contribution in [2.45, 2.75) is 32.6 Å². The van der Waals surface area contributed by atoms with Gasteiger partial charge in [-0.2, -0.15) is 0 Å². The predicted octanol–water partition coefficient (Wildman–Crippen LogP) is 1.86. The summed E-state index contributed by atoms with van der Waals surface area (Å²) in [6.45, 7) is 5.13. The Morgan fingerprint density at radius 1 is 1.43 bits per heavy atom. The normalized spacial score (nSPS) is 15.1. The highest BCUT2D eigenvalue weighted by Gasteiger charge is 2.14. The molecular weight excluding hydrogens is 176 g/mol. The van der Waals surface area contributed by atoms with Crippen molar-refractivity contribution in [3.05, 3.63) is 27.5 Å². The quantitative estimate of drug-likeness (QED) is 0.713. The molecule has 1 aliphatic heterocycles. The van der Waals surface area contributed by atoms with Crippen LogP contribution in [0.1, 0.15) is 37.4 Å². The van der Waals surface area contributed by atoms with Crippen LogP contribution in [0.5, 0.6) is 0 Å². The molecule has 0 radical (unpaired) electrons. The van der Waals surface area contributed by atoms with Crippen LogP contribution < -0.4 is 10.7 Å². The summed E-state index contributed by atoms with van der Waals surface area (Å²) in [5.41, 5.74) is 2.11. The van der Waals surface area contributed by atoms with Gasteiger partial charge in [0.1, 0.15) is 5.82 Å². The predicted molar refractivity (Wildman–Crippen MR) is 58.0 cm³/mol. The lowest BCUT2D eigenvalue weighted by Gasteiger charge is -2.18. The van der Waals surface area contributed by atoms with Gasteiger partial charge in [0.2, 0.25) is 0 Å². The van der Waals surface area contributed by atoms with Gasteiger partial charge in [0.25, 0.3) is 0 Å². The van der Waals surface area contributed by atoms with Crippen LogP contribution in [0.25, 0.3) is 0 Å². The minimum Gasteiger partial charge on any atom is -0.371 e. The number of H-pyrrole nitrogens is 1. The summed E-state index contributed by atoms with van der Waals surface area (Å²) in [5, 5.41) is 3.24. The fraction of sp³-hybridized carbons (Fsp3) is 0.545. The summed E-state index contributed by atoms with van der Waals surface area (Å²) in [4.78, 5) is 15.0. The number of rotatable bonds is 1. The van der Waals surface area contributed by atoms with Crippen LogP contribution in [0, 0.1) is 0 Å². The lowest BCUT2D eigenvalue weighted by atomic mass is 10.0. The third kappa shape index (κ3) is 1.54. The molecule has 0 unspecified atom stereocenters. The van der Waals surface area contributed by atoms with Crippen molar-refractivity contribution in [3.63, 3.8) is 0 Å². The second kappa shape index (κ2) is 3.48. The average Bonchev–Trinajstić information content (AvgIpc) is 2.17. The van der Waals surface area contributed by atoms with Gasteiger partial charge in [0.15, 0.2) is 5.43 Å². The number of aromatic amines is 1. The molecule has 0 fully saturated rings. The number of hydrogen-bond acceptors (Lipinski definition) is 2. The zero-order valence-electron chi connectivity index (χ0n) is 8.68. The summed E-state index contributed by atoms with van der Waals surface area (Å²) in [6.07, 6.45) is 1.95. The monoisotopic (exact) mass is 192 g/mol. The topological polar surface area (TPSA) is 44.9 Å². The molecule has 0 atom stereocenters. The van der Waals surface area contributed by atoms with E-state index in [0.717, 1.165) is 36.5 Å². The van der Waals surface area contributed by atoms with E-state index in [2.05, 4.69) is 24.1 Å². The van der Waals surface area contributed by atoms with Crippen molar-refractivity contribution in [1.29, 1.82) is 0 Å². The third-order valence-corrected chi connectivity index (χ3v) is 2.68. The van der Waals surface area contributed by atoms with Crippen molar-refractivity contribution < 1.29 is 0 Å². The highest BCUT2D eigenvalue weighted by atomic mass is 16.1. The second-order valence-electron chi connectivity index (χ2n) is 4.13. The van der Waals surface area contributed by atoms with Crippen LogP contribution >= 0.6 is 0 Å². The molecule has 1 aliphatic rings. The van der Waals surface area contributed by atoms with Gasteiger partial charge >= 0.3 is 0 Å². The molecule has 14 heavy (non-hydrogen) atoms. The number of fused-ring (bicyclic) bond motifs is 1. The van der Waals surface area contributed by atoms with E-state index in [1.807, 2.05) is 0 Å². The molecular formula is C11H16N2O.